The molecule has 0 radical (unpaired) electrons. The highest BCUT2D eigenvalue weighted by Crippen LogP contribution is 2.18. The van der Waals surface area contributed by atoms with Crippen LogP contribution in [-0.4, -0.2) is 14.7 Å². The Morgan fingerprint density at radius 2 is 1.44 bits per heavy atom. The normalized spacial score (nSPS) is 10.7. The third kappa shape index (κ3) is 5.26. The van der Waals surface area contributed by atoms with E-state index >= 15 is 0 Å². The average Bonchev–Trinajstić information content (AvgIpc) is 2.90. The van der Waals surface area contributed by atoms with Gasteiger partial charge in [-0.3, -0.25) is 9.36 Å². The molecule has 0 unspecified atom stereocenters. The third-order valence-electron chi connectivity index (χ3n) is 5.65. The topological polar surface area (TPSA) is 68.2 Å². The molecule has 2 N–H and O–H groups in total. The fourth-order valence-corrected chi connectivity index (χ4v) is 4.07. The number of benzene rings is 4. The van der Waals surface area contributed by atoms with Gasteiger partial charge in [0.25, 0.3) is 5.56 Å². The van der Waals surface area contributed by atoms with Gasteiger partial charge in [-0.05, 0) is 79.8 Å². The molecule has 0 amide bonds. The van der Waals surface area contributed by atoms with Crippen molar-refractivity contribution in [3.8, 4) is 11.4 Å². The van der Waals surface area contributed by atoms with E-state index in [1.165, 1.54) is 5.56 Å². The van der Waals surface area contributed by atoms with E-state index in [1.54, 1.807) is 10.6 Å². The second kappa shape index (κ2) is 10.4. The van der Waals surface area contributed by atoms with Gasteiger partial charge in [-0.15, -0.1) is 0 Å². The van der Waals surface area contributed by atoms with Gasteiger partial charge in [0.15, 0.2) is 10.9 Å². The van der Waals surface area contributed by atoms with Crippen molar-refractivity contribution in [2.75, 3.05) is 10.6 Å². The van der Waals surface area contributed by atoms with Crippen LogP contribution in [0, 0.1) is 6.92 Å². The van der Waals surface area contributed by atoms with E-state index in [0.717, 1.165) is 11.4 Å². The van der Waals surface area contributed by atoms with Crippen LogP contribution in [0.15, 0.2) is 108 Å². The number of nitrogens with one attached hydrogen (secondary N) is 2. The molecule has 6 nitrogen and oxygen atoms in total. The number of hydrogen-bond donors (Lipinski definition) is 2. The number of aromatic nitrogens is 2. The van der Waals surface area contributed by atoms with Crippen molar-refractivity contribution in [2.24, 2.45) is 0 Å². The molecule has 0 bridgehead atoms. The molecule has 0 atom stereocenters. The Morgan fingerprint density at radius 3 is 2.14 bits per heavy atom. The summed E-state index contributed by atoms with van der Waals surface area (Å²) in [7, 11) is 0. The minimum Gasteiger partial charge on any atom is -0.486 e. The van der Waals surface area contributed by atoms with Crippen molar-refractivity contribution in [3.63, 3.8) is 0 Å². The molecule has 0 fully saturated rings. The number of hydrogen-bond acceptors (Lipinski definition) is 4. The quantitative estimate of drug-likeness (QED) is 0.280. The zero-order chi connectivity index (χ0) is 24.9. The van der Waals surface area contributed by atoms with E-state index in [9.17, 15) is 4.79 Å². The Bertz CT molecular complexity index is 1560. The summed E-state index contributed by atoms with van der Waals surface area (Å²) < 4.78 is 7.53. The maximum atomic E-state index is 13.5. The molecule has 36 heavy (non-hydrogen) atoms. The maximum Gasteiger partial charge on any atom is 0.266 e. The van der Waals surface area contributed by atoms with Crippen molar-refractivity contribution in [3.05, 3.63) is 125 Å². The van der Waals surface area contributed by atoms with Gasteiger partial charge in [0, 0.05) is 11.4 Å². The number of fused-ring (bicyclic) bond motifs is 1. The van der Waals surface area contributed by atoms with Gasteiger partial charge < -0.3 is 15.4 Å². The van der Waals surface area contributed by atoms with E-state index in [4.69, 9.17) is 21.9 Å². The number of thiocarbonyl (C=S) groups is 1. The molecule has 1 heterocycles. The fourth-order valence-electron chi connectivity index (χ4n) is 3.83. The Labute approximate surface area is 214 Å². The molecule has 0 spiro atoms. The molecule has 0 saturated heterocycles. The molecule has 178 valence electrons. The Kier molecular flexibility index (Phi) is 6.73. The second-order valence-electron chi connectivity index (χ2n) is 8.28. The summed E-state index contributed by atoms with van der Waals surface area (Å²) in [5.41, 5.74) is 4.06. The van der Waals surface area contributed by atoms with Crippen molar-refractivity contribution in [2.45, 2.75) is 13.5 Å². The highest BCUT2D eigenvalue weighted by Gasteiger charge is 2.13. The average molecular weight is 493 g/mol. The second-order valence-corrected chi connectivity index (χ2v) is 8.69. The van der Waals surface area contributed by atoms with Crippen molar-refractivity contribution >= 4 is 39.6 Å². The molecule has 0 saturated carbocycles. The Morgan fingerprint density at radius 1 is 0.833 bits per heavy atom. The van der Waals surface area contributed by atoms with E-state index in [-0.39, 0.29) is 12.2 Å². The van der Waals surface area contributed by atoms with Gasteiger partial charge in [0.05, 0.1) is 16.6 Å². The lowest BCUT2D eigenvalue weighted by Gasteiger charge is -2.15. The van der Waals surface area contributed by atoms with E-state index in [1.807, 2.05) is 104 Å². The van der Waals surface area contributed by atoms with Gasteiger partial charge in [0.2, 0.25) is 0 Å². The zero-order valence-corrected chi connectivity index (χ0v) is 20.5. The van der Waals surface area contributed by atoms with Crippen molar-refractivity contribution in [1.29, 1.82) is 0 Å². The smallest absolute Gasteiger partial charge is 0.266 e. The highest BCUT2D eigenvalue weighted by molar-refractivity contribution is 7.80. The third-order valence-corrected chi connectivity index (χ3v) is 5.85. The van der Waals surface area contributed by atoms with Crippen molar-refractivity contribution in [1.82, 2.24) is 9.55 Å². The lowest BCUT2D eigenvalue weighted by molar-refractivity contribution is 0.292. The molecule has 5 aromatic rings. The number of nitrogens with zero attached hydrogens (tertiary/aromatic N) is 2. The van der Waals surface area contributed by atoms with Gasteiger partial charge in [-0.1, -0.05) is 48.0 Å². The first kappa shape index (κ1) is 23.3. The van der Waals surface area contributed by atoms with Crippen LogP contribution in [0.1, 0.15) is 11.4 Å². The summed E-state index contributed by atoms with van der Waals surface area (Å²) >= 11 is 5.45. The number of rotatable bonds is 6. The van der Waals surface area contributed by atoms with Gasteiger partial charge in [-0.2, -0.15) is 0 Å². The maximum absolute atomic E-state index is 13.5. The molecular formula is C29H24N4O2S. The van der Waals surface area contributed by atoms with Crippen LogP contribution in [0.25, 0.3) is 16.6 Å². The van der Waals surface area contributed by atoms with Crippen molar-refractivity contribution < 1.29 is 4.74 Å². The largest absolute Gasteiger partial charge is 0.486 e. The van der Waals surface area contributed by atoms with Crippen LogP contribution < -0.4 is 20.9 Å². The molecule has 0 aliphatic carbocycles. The first-order valence-corrected chi connectivity index (χ1v) is 11.9. The van der Waals surface area contributed by atoms with Gasteiger partial charge in [0.1, 0.15) is 12.4 Å². The standard InChI is InChI=1S/C29H24N4O2S/c1-20-11-13-21(14-12-20)30-29(36)31-22-15-17-23(18-16-22)33-27(19-35-24-7-3-2-4-8-24)32-26-10-6-5-9-25(26)28(33)34/h2-18H,19H2,1H3,(H2,30,31,36). The Hall–Kier alpha value is -4.49. The van der Waals surface area contributed by atoms with E-state index in [2.05, 4.69) is 10.6 Å². The minimum absolute atomic E-state index is 0.147. The highest BCUT2D eigenvalue weighted by atomic mass is 32.1. The van der Waals surface area contributed by atoms with Gasteiger partial charge in [-0.25, -0.2) is 4.98 Å². The van der Waals surface area contributed by atoms with Crippen LogP contribution >= 0.6 is 12.2 Å². The first-order valence-electron chi connectivity index (χ1n) is 11.5. The van der Waals surface area contributed by atoms with Crippen LogP contribution in [0.5, 0.6) is 5.75 Å². The number of para-hydroxylation sites is 2. The van der Waals surface area contributed by atoms with E-state index in [0.29, 0.717) is 33.3 Å². The lowest BCUT2D eigenvalue weighted by atomic mass is 10.2. The van der Waals surface area contributed by atoms with Crippen LogP contribution in [0.4, 0.5) is 11.4 Å². The summed E-state index contributed by atoms with van der Waals surface area (Å²) in [6.07, 6.45) is 0. The number of aryl methyl sites for hydroxylation is 1. The fraction of sp³-hybridized carbons (Fsp3) is 0.0690. The summed E-state index contributed by atoms with van der Waals surface area (Å²) in [6, 6.07) is 32.3. The SMILES string of the molecule is Cc1ccc(NC(=S)Nc2ccc(-n3c(COc4ccccc4)nc4ccccc4c3=O)cc2)cc1. The summed E-state index contributed by atoms with van der Waals surface area (Å²) in [4.78, 5) is 18.2. The summed E-state index contributed by atoms with van der Waals surface area (Å²) in [5.74, 6) is 1.22. The monoisotopic (exact) mass is 492 g/mol. The van der Waals surface area contributed by atoms with Gasteiger partial charge >= 0.3 is 0 Å². The predicted molar refractivity (Wildman–Crippen MR) is 149 cm³/mol. The molecule has 5 rings (SSSR count). The first-order chi connectivity index (χ1) is 17.6. The minimum atomic E-state index is -0.149. The van der Waals surface area contributed by atoms with E-state index < -0.39 is 0 Å². The molecule has 7 heteroatoms. The summed E-state index contributed by atoms with van der Waals surface area (Å²) in [5, 5.41) is 7.38. The molecule has 0 aliphatic rings. The molecule has 0 aliphatic heterocycles. The summed E-state index contributed by atoms with van der Waals surface area (Å²) in [6.45, 7) is 2.19. The Balaban J connectivity index is 1.41. The predicted octanol–water partition coefficient (Wildman–Crippen LogP) is 6.08. The molecule has 1 aromatic heterocycles. The van der Waals surface area contributed by atoms with Crippen LogP contribution in [0.3, 0.4) is 0 Å². The zero-order valence-electron chi connectivity index (χ0n) is 19.6. The molecular weight excluding hydrogens is 468 g/mol. The van der Waals surface area contributed by atoms with Crippen LogP contribution in [-0.2, 0) is 6.61 Å². The molecule has 4 aromatic carbocycles. The van der Waals surface area contributed by atoms with Crippen LogP contribution in [0.2, 0.25) is 0 Å². The lowest BCUT2D eigenvalue weighted by Crippen LogP contribution is -2.25. The number of ether oxygens (including phenoxy) is 1. The number of anilines is 2.